The fourth-order valence-electron chi connectivity index (χ4n) is 3.85. The van der Waals surface area contributed by atoms with Crippen LogP contribution < -0.4 is 0 Å². The lowest BCUT2D eigenvalue weighted by Gasteiger charge is -2.54. The van der Waals surface area contributed by atoms with Crippen molar-refractivity contribution in [3.8, 4) is 0 Å². The van der Waals surface area contributed by atoms with Crippen LogP contribution in [0.1, 0.15) is 33.1 Å². The lowest BCUT2D eigenvalue weighted by molar-refractivity contribution is -0.0359. The van der Waals surface area contributed by atoms with E-state index in [1.54, 1.807) is 4.90 Å². The molecule has 0 aromatic carbocycles. The second-order valence-corrected chi connectivity index (χ2v) is 6.74. The second-order valence-electron chi connectivity index (χ2n) is 6.74. The summed E-state index contributed by atoms with van der Waals surface area (Å²) in [5, 5.41) is 0. The van der Waals surface area contributed by atoms with Gasteiger partial charge in [-0.2, -0.15) is 0 Å². The highest BCUT2D eigenvalue weighted by molar-refractivity contribution is 5.73. The van der Waals surface area contributed by atoms with E-state index in [-0.39, 0.29) is 6.03 Å². The number of likely N-dealkylation sites (tertiary alicyclic amines) is 1. The molecule has 122 valence electrons. The third-order valence-corrected chi connectivity index (χ3v) is 5.16. The highest BCUT2D eigenvalue weighted by Gasteiger charge is 2.43. The molecule has 2 aliphatic heterocycles. The van der Waals surface area contributed by atoms with Gasteiger partial charge < -0.3 is 14.7 Å². The van der Waals surface area contributed by atoms with Gasteiger partial charge in [0.15, 0.2) is 0 Å². The average molecular weight is 296 g/mol. The van der Waals surface area contributed by atoms with Crippen molar-refractivity contribution in [3.63, 3.8) is 0 Å². The summed E-state index contributed by atoms with van der Waals surface area (Å²) < 4.78 is 0. The summed E-state index contributed by atoms with van der Waals surface area (Å²) in [4.78, 5) is 21.1. The lowest BCUT2D eigenvalue weighted by atomic mass is 9.83. The van der Waals surface area contributed by atoms with E-state index >= 15 is 0 Å². The molecule has 0 bridgehead atoms. The van der Waals surface area contributed by atoms with Gasteiger partial charge in [-0.05, 0) is 32.4 Å². The van der Waals surface area contributed by atoms with Crippen molar-refractivity contribution in [3.05, 3.63) is 0 Å². The summed E-state index contributed by atoms with van der Waals surface area (Å²) in [6, 6.07) is 0.162. The molecule has 0 saturated carbocycles. The standard InChI is InChI=1S/C16H32N4O/c1-5-9-20-13-12-18(6-2)14-16(20)7-10-19(11-8-16)15(21)17(3)4/h5-14H2,1-4H3. The first-order valence-electron chi connectivity index (χ1n) is 8.46. The molecule has 0 aromatic heterocycles. The molecule has 0 N–H and O–H groups in total. The Balaban J connectivity index is 2.04. The molecule has 0 aromatic rings. The van der Waals surface area contributed by atoms with Crippen molar-refractivity contribution < 1.29 is 4.79 Å². The molecule has 2 saturated heterocycles. The normalized spacial score (nSPS) is 23.5. The number of hydrogen-bond acceptors (Lipinski definition) is 3. The maximum absolute atomic E-state index is 12.1. The summed E-state index contributed by atoms with van der Waals surface area (Å²) >= 11 is 0. The van der Waals surface area contributed by atoms with Crippen molar-refractivity contribution >= 4 is 6.03 Å². The zero-order chi connectivity index (χ0) is 15.5. The van der Waals surface area contributed by atoms with Gasteiger partial charge in [0, 0.05) is 52.4 Å². The summed E-state index contributed by atoms with van der Waals surface area (Å²) in [6.07, 6.45) is 3.44. The Morgan fingerprint density at radius 1 is 1.10 bits per heavy atom. The fourth-order valence-corrected chi connectivity index (χ4v) is 3.85. The molecule has 5 heteroatoms. The minimum atomic E-state index is 0.162. The molecule has 0 atom stereocenters. The van der Waals surface area contributed by atoms with Crippen LogP contribution in [-0.4, -0.2) is 91.1 Å². The van der Waals surface area contributed by atoms with Crippen molar-refractivity contribution in [2.24, 2.45) is 0 Å². The van der Waals surface area contributed by atoms with Crippen LogP contribution in [0.15, 0.2) is 0 Å². The number of piperazine rings is 1. The molecule has 2 aliphatic rings. The number of amides is 2. The van der Waals surface area contributed by atoms with Crippen LogP contribution in [0.2, 0.25) is 0 Å². The highest BCUT2D eigenvalue weighted by atomic mass is 16.2. The van der Waals surface area contributed by atoms with Crippen LogP contribution in [0.3, 0.4) is 0 Å². The Hall–Kier alpha value is -0.810. The molecular weight excluding hydrogens is 264 g/mol. The third-order valence-electron chi connectivity index (χ3n) is 5.16. The molecule has 0 radical (unpaired) electrons. The Kier molecular flexibility index (Phi) is 5.49. The summed E-state index contributed by atoms with van der Waals surface area (Å²) in [7, 11) is 3.69. The van der Waals surface area contributed by atoms with Crippen LogP contribution in [0.4, 0.5) is 4.79 Å². The second kappa shape index (κ2) is 6.97. The third kappa shape index (κ3) is 3.51. The Labute approximate surface area is 129 Å². The van der Waals surface area contributed by atoms with Crippen LogP contribution in [0.5, 0.6) is 0 Å². The first kappa shape index (κ1) is 16.6. The Morgan fingerprint density at radius 3 is 2.29 bits per heavy atom. The molecule has 2 amide bonds. The van der Waals surface area contributed by atoms with E-state index in [0.717, 1.165) is 32.5 Å². The number of piperidine rings is 1. The van der Waals surface area contributed by atoms with E-state index in [1.165, 1.54) is 32.6 Å². The molecule has 2 heterocycles. The monoisotopic (exact) mass is 296 g/mol. The predicted molar refractivity (Wildman–Crippen MR) is 86.6 cm³/mol. The van der Waals surface area contributed by atoms with Gasteiger partial charge in [0.25, 0.3) is 0 Å². The summed E-state index contributed by atoms with van der Waals surface area (Å²) in [6.45, 7) is 12.2. The van der Waals surface area contributed by atoms with Gasteiger partial charge in [0.2, 0.25) is 0 Å². The Bertz CT molecular complexity index is 350. The first-order valence-corrected chi connectivity index (χ1v) is 8.46. The van der Waals surface area contributed by atoms with Crippen LogP contribution in [0, 0.1) is 0 Å². The zero-order valence-electron chi connectivity index (χ0n) is 14.3. The van der Waals surface area contributed by atoms with Gasteiger partial charge in [0.1, 0.15) is 0 Å². The number of carbonyl (C=O) groups excluding carboxylic acids is 1. The number of urea groups is 1. The maximum Gasteiger partial charge on any atom is 0.319 e. The van der Waals surface area contributed by atoms with Crippen molar-refractivity contribution in [2.75, 3.05) is 59.9 Å². The van der Waals surface area contributed by atoms with E-state index in [1.807, 2.05) is 19.0 Å². The SMILES string of the molecule is CCCN1CCN(CC)CC12CCN(C(=O)N(C)C)CC2. The predicted octanol–water partition coefficient (Wildman–Crippen LogP) is 1.55. The highest BCUT2D eigenvalue weighted by Crippen LogP contribution is 2.33. The minimum absolute atomic E-state index is 0.162. The maximum atomic E-state index is 12.1. The number of carbonyl (C=O) groups is 1. The van der Waals surface area contributed by atoms with Gasteiger partial charge in [-0.25, -0.2) is 4.79 Å². The van der Waals surface area contributed by atoms with E-state index in [2.05, 4.69) is 23.6 Å². The van der Waals surface area contributed by atoms with Crippen molar-refractivity contribution in [2.45, 2.75) is 38.6 Å². The summed E-state index contributed by atoms with van der Waals surface area (Å²) in [5.74, 6) is 0. The molecule has 0 unspecified atom stereocenters. The molecule has 2 rings (SSSR count). The molecule has 0 aliphatic carbocycles. The molecule has 2 fully saturated rings. The van der Waals surface area contributed by atoms with Crippen molar-refractivity contribution in [1.29, 1.82) is 0 Å². The molecule has 1 spiro atoms. The average Bonchev–Trinajstić information content (AvgIpc) is 2.49. The van der Waals surface area contributed by atoms with E-state index in [0.29, 0.717) is 5.54 Å². The summed E-state index contributed by atoms with van der Waals surface area (Å²) in [5.41, 5.74) is 0.299. The zero-order valence-corrected chi connectivity index (χ0v) is 14.3. The Morgan fingerprint density at radius 2 is 1.76 bits per heavy atom. The van der Waals surface area contributed by atoms with Gasteiger partial charge in [-0.1, -0.05) is 13.8 Å². The molecule has 21 heavy (non-hydrogen) atoms. The fraction of sp³-hybridized carbons (Fsp3) is 0.938. The van der Waals surface area contributed by atoms with E-state index < -0.39 is 0 Å². The number of rotatable bonds is 3. The minimum Gasteiger partial charge on any atom is -0.331 e. The van der Waals surface area contributed by atoms with Gasteiger partial charge in [-0.15, -0.1) is 0 Å². The van der Waals surface area contributed by atoms with Gasteiger partial charge in [0.05, 0.1) is 0 Å². The van der Waals surface area contributed by atoms with E-state index in [9.17, 15) is 4.79 Å². The largest absolute Gasteiger partial charge is 0.331 e. The topological polar surface area (TPSA) is 30.0 Å². The lowest BCUT2D eigenvalue weighted by Crippen LogP contribution is -2.66. The van der Waals surface area contributed by atoms with Gasteiger partial charge in [-0.3, -0.25) is 4.90 Å². The quantitative estimate of drug-likeness (QED) is 0.791. The molecular formula is C16H32N4O. The number of hydrogen-bond donors (Lipinski definition) is 0. The van der Waals surface area contributed by atoms with Crippen LogP contribution in [-0.2, 0) is 0 Å². The van der Waals surface area contributed by atoms with Crippen molar-refractivity contribution in [1.82, 2.24) is 19.6 Å². The van der Waals surface area contributed by atoms with E-state index in [4.69, 9.17) is 0 Å². The van der Waals surface area contributed by atoms with Crippen LogP contribution >= 0.6 is 0 Å². The van der Waals surface area contributed by atoms with Gasteiger partial charge >= 0.3 is 6.03 Å². The van der Waals surface area contributed by atoms with Crippen LogP contribution in [0.25, 0.3) is 0 Å². The number of likely N-dealkylation sites (N-methyl/N-ethyl adjacent to an activating group) is 1. The first-order chi connectivity index (χ1) is 10.0. The molecule has 5 nitrogen and oxygen atoms in total. The number of nitrogens with zero attached hydrogens (tertiary/aromatic N) is 4. The smallest absolute Gasteiger partial charge is 0.319 e.